The average molecular weight is 402 g/mol. The van der Waals surface area contributed by atoms with Gasteiger partial charge in [0.2, 0.25) is 0 Å². The van der Waals surface area contributed by atoms with Gasteiger partial charge in [-0.2, -0.15) is 0 Å². The Labute approximate surface area is 178 Å². The first-order chi connectivity index (χ1) is 14.4. The van der Waals surface area contributed by atoms with E-state index in [1.807, 2.05) is 78.9 Å². The van der Waals surface area contributed by atoms with E-state index in [0.29, 0.717) is 12.2 Å². The predicted molar refractivity (Wildman–Crippen MR) is 120 cm³/mol. The van der Waals surface area contributed by atoms with Gasteiger partial charge in [0.05, 0.1) is 12.3 Å². The Bertz CT molecular complexity index is 1010. The Morgan fingerprint density at radius 3 is 2.23 bits per heavy atom. The van der Waals surface area contributed by atoms with Crippen LogP contribution in [-0.2, 0) is 10.2 Å². The van der Waals surface area contributed by atoms with Gasteiger partial charge in [-0.1, -0.05) is 57.2 Å². The molecule has 0 aromatic heterocycles. The van der Waals surface area contributed by atoms with Crippen LogP contribution in [0, 0.1) is 0 Å². The van der Waals surface area contributed by atoms with Gasteiger partial charge in [-0.05, 0) is 53.4 Å². The van der Waals surface area contributed by atoms with E-state index in [-0.39, 0.29) is 17.4 Å². The number of epoxide rings is 1. The van der Waals surface area contributed by atoms with Gasteiger partial charge in [-0.15, -0.1) is 0 Å². The third-order valence-electron chi connectivity index (χ3n) is 5.09. The van der Waals surface area contributed by atoms with E-state index < -0.39 is 0 Å². The lowest BCUT2D eigenvalue weighted by molar-refractivity contribution is 0.0999. The lowest BCUT2D eigenvalue weighted by Crippen LogP contribution is -2.29. The molecular weight excluding hydrogens is 374 g/mol. The number of benzene rings is 3. The van der Waals surface area contributed by atoms with Gasteiger partial charge in [0, 0.05) is 11.3 Å². The minimum Gasteiger partial charge on any atom is -0.491 e. The van der Waals surface area contributed by atoms with E-state index >= 15 is 0 Å². The Morgan fingerprint density at radius 2 is 1.63 bits per heavy atom. The molecule has 1 aliphatic rings. The maximum Gasteiger partial charge on any atom is 0.262 e. The molecule has 0 spiro atoms. The molecule has 4 heteroatoms. The number of carbonyl (C=O) groups excluding carboxylic acids is 1. The van der Waals surface area contributed by atoms with E-state index in [2.05, 4.69) is 20.8 Å². The first-order valence-corrected chi connectivity index (χ1v) is 10.3. The number of hydrogen-bond acceptors (Lipinski definition) is 3. The molecule has 30 heavy (non-hydrogen) atoms. The van der Waals surface area contributed by atoms with Crippen LogP contribution in [0.2, 0.25) is 0 Å². The van der Waals surface area contributed by atoms with Crippen LogP contribution in [0.1, 0.15) is 36.7 Å². The van der Waals surface area contributed by atoms with Crippen LogP contribution in [-0.4, -0.2) is 25.2 Å². The molecule has 4 nitrogen and oxygen atoms in total. The van der Waals surface area contributed by atoms with Crippen molar-refractivity contribution in [1.82, 2.24) is 0 Å². The van der Waals surface area contributed by atoms with Crippen LogP contribution in [0.3, 0.4) is 0 Å². The standard InChI is InChI=1S/C26H27NO3/c1-26(2,3)23-16-21(29-17-22-18-30-22)14-15-24(23)27(20-12-8-5-9-13-20)25(28)19-10-6-4-7-11-19/h4-16,22H,17-18H2,1-3H3. The highest BCUT2D eigenvalue weighted by Gasteiger charge is 2.28. The van der Waals surface area contributed by atoms with Gasteiger partial charge < -0.3 is 9.47 Å². The molecule has 3 aromatic rings. The van der Waals surface area contributed by atoms with E-state index in [4.69, 9.17) is 9.47 Å². The van der Waals surface area contributed by atoms with Crippen molar-refractivity contribution in [3.8, 4) is 5.75 Å². The number of nitrogens with zero attached hydrogens (tertiary/aromatic N) is 1. The molecule has 1 saturated heterocycles. The van der Waals surface area contributed by atoms with Crippen LogP contribution in [0.5, 0.6) is 5.75 Å². The second-order valence-corrected chi connectivity index (χ2v) is 8.54. The zero-order chi connectivity index (χ0) is 21.1. The molecule has 154 valence electrons. The summed E-state index contributed by atoms with van der Waals surface area (Å²) in [6.07, 6.45) is 0.197. The van der Waals surface area contributed by atoms with Crippen LogP contribution < -0.4 is 9.64 Å². The van der Waals surface area contributed by atoms with Crippen LogP contribution in [0.4, 0.5) is 11.4 Å². The SMILES string of the molecule is CC(C)(C)c1cc(OCC2CO2)ccc1N(C(=O)c1ccccc1)c1ccccc1. The fourth-order valence-electron chi connectivity index (χ4n) is 3.41. The molecule has 1 unspecified atom stereocenters. The molecule has 1 atom stereocenters. The molecule has 3 aromatic carbocycles. The summed E-state index contributed by atoms with van der Waals surface area (Å²) >= 11 is 0. The zero-order valence-corrected chi connectivity index (χ0v) is 17.7. The second kappa shape index (κ2) is 8.33. The van der Waals surface area contributed by atoms with Crippen LogP contribution >= 0.6 is 0 Å². The third-order valence-corrected chi connectivity index (χ3v) is 5.09. The Hall–Kier alpha value is -3.11. The van der Waals surface area contributed by atoms with Gasteiger partial charge in [0.15, 0.2) is 0 Å². The number of rotatable bonds is 6. The molecule has 0 radical (unpaired) electrons. The molecule has 1 aliphatic heterocycles. The number of hydrogen-bond donors (Lipinski definition) is 0. The number of amides is 1. The first-order valence-electron chi connectivity index (χ1n) is 10.3. The summed E-state index contributed by atoms with van der Waals surface area (Å²) in [5.74, 6) is 0.728. The van der Waals surface area contributed by atoms with Gasteiger partial charge in [-0.3, -0.25) is 9.69 Å². The summed E-state index contributed by atoms with van der Waals surface area (Å²) in [6, 6.07) is 25.1. The lowest BCUT2D eigenvalue weighted by Gasteiger charge is -2.31. The van der Waals surface area contributed by atoms with Crippen LogP contribution in [0.25, 0.3) is 0 Å². The molecule has 1 amide bonds. The predicted octanol–water partition coefficient (Wildman–Crippen LogP) is 5.74. The van der Waals surface area contributed by atoms with E-state index in [9.17, 15) is 4.79 Å². The van der Waals surface area contributed by atoms with Crippen molar-refractivity contribution in [2.75, 3.05) is 18.1 Å². The van der Waals surface area contributed by atoms with Gasteiger partial charge in [-0.25, -0.2) is 0 Å². The van der Waals surface area contributed by atoms with Crippen molar-refractivity contribution in [3.63, 3.8) is 0 Å². The number of ether oxygens (including phenoxy) is 2. The minimum absolute atomic E-state index is 0.0626. The maximum absolute atomic E-state index is 13.6. The van der Waals surface area contributed by atoms with Crippen molar-refractivity contribution in [1.29, 1.82) is 0 Å². The van der Waals surface area contributed by atoms with Gasteiger partial charge in [0.1, 0.15) is 18.5 Å². The summed E-state index contributed by atoms with van der Waals surface area (Å²) in [5, 5.41) is 0. The molecule has 0 bridgehead atoms. The molecule has 4 rings (SSSR count). The smallest absolute Gasteiger partial charge is 0.262 e. The zero-order valence-electron chi connectivity index (χ0n) is 17.7. The summed E-state index contributed by atoms with van der Waals surface area (Å²) in [7, 11) is 0. The fraction of sp³-hybridized carbons (Fsp3) is 0.269. The molecule has 1 fully saturated rings. The largest absolute Gasteiger partial charge is 0.491 e. The first kappa shape index (κ1) is 20.2. The topological polar surface area (TPSA) is 42.1 Å². The van der Waals surface area contributed by atoms with Crippen molar-refractivity contribution >= 4 is 17.3 Å². The molecule has 0 N–H and O–H groups in total. The number of carbonyl (C=O) groups is 1. The molecule has 0 saturated carbocycles. The maximum atomic E-state index is 13.6. The highest BCUT2D eigenvalue weighted by Crippen LogP contribution is 2.39. The summed E-state index contributed by atoms with van der Waals surface area (Å²) in [6.45, 7) is 7.76. The van der Waals surface area contributed by atoms with Crippen LogP contribution in [0.15, 0.2) is 78.9 Å². The lowest BCUT2D eigenvalue weighted by atomic mass is 9.85. The average Bonchev–Trinajstić information content (AvgIpc) is 3.58. The normalized spacial score (nSPS) is 15.5. The number of anilines is 2. The quantitative estimate of drug-likeness (QED) is 0.495. The highest BCUT2D eigenvalue weighted by atomic mass is 16.6. The Balaban J connectivity index is 1.80. The highest BCUT2D eigenvalue weighted by molar-refractivity contribution is 6.11. The van der Waals surface area contributed by atoms with E-state index in [1.165, 1.54) is 0 Å². The fourth-order valence-corrected chi connectivity index (χ4v) is 3.41. The summed E-state index contributed by atoms with van der Waals surface area (Å²) < 4.78 is 11.2. The van der Waals surface area contributed by atoms with E-state index in [1.54, 1.807) is 4.90 Å². The Kier molecular flexibility index (Phi) is 5.60. The third kappa shape index (κ3) is 4.55. The molecule has 1 heterocycles. The Morgan fingerprint density at radius 1 is 1.00 bits per heavy atom. The van der Waals surface area contributed by atoms with Gasteiger partial charge >= 0.3 is 0 Å². The van der Waals surface area contributed by atoms with Crippen molar-refractivity contribution in [3.05, 3.63) is 90.0 Å². The minimum atomic E-state index is -0.186. The monoisotopic (exact) mass is 401 g/mol. The van der Waals surface area contributed by atoms with Gasteiger partial charge in [0.25, 0.3) is 5.91 Å². The van der Waals surface area contributed by atoms with E-state index in [0.717, 1.165) is 29.3 Å². The number of para-hydroxylation sites is 1. The van der Waals surface area contributed by atoms with Crippen molar-refractivity contribution in [2.45, 2.75) is 32.3 Å². The summed E-state index contributed by atoms with van der Waals surface area (Å²) in [4.78, 5) is 15.4. The second-order valence-electron chi connectivity index (χ2n) is 8.54. The van der Waals surface area contributed by atoms with Crippen molar-refractivity contribution < 1.29 is 14.3 Å². The van der Waals surface area contributed by atoms with Crippen molar-refractivity contribution in [2.24, 2.45) is 0 Å². The molecule has 0 aliphatic carbocycles. The summed E-state index contributed by atoms with van der Waals surface area (Å²) in [5.41, 5.74) is 3.20. The molecular formula is C26H27NO3.